The second kappa shape index (κ2) is 5.71. The van der Waals surface area contributed by atoms with Gasteiger partial charge in [-0.3, -0.25) is 4.68 Å². The van der Waals surface area contributed by atoms with Crippen LogP contribution in [0, 0.1) is 5.82 Å². The lowest BCUT2D eigenvalue weighted by molar-refractivity contribution is 0.404. The van der Waals surface area contributed by atoms with Crippen LogP contribution in [0.25, 0.3) is 0 Å². The lowest BCUT2D eigenvalue weighted by Gasteiger charge is -2.16. The molecule has 1 heterocycles. The first kappa shape index (κ1) is 14.0. The number of rotatable bonds is 4. The molecule has 0 saturated heterocycles. The Morgan fingerprint density at radius 1 is 1.53 bits per heavy atom. The molecule has 2 N–H and O–H groups in total. The molecule has 0 aliphatic rings. The van der Waals surface area contributed by atoms with Crippen LogP contribution in [0.15, 0.2) is 28.9 Å². The van der Waals surface area contributed by atoms with E-state index in [4.69, 9.17) is 10.5 Å². The summed E-state index contributed by atoms with van der Waals surface area (Å²) in [4.78, 5) is 0. The van der Waals surface area contributed by atoms with Crippen molar-refractivity contribution in [1.29, 1.82) is 0 Å². The van der Waals surface area contributed by atoms with Crippen LogP contribution in [0.5, 0.6) is 5.75 Å². The first-order valence-corrected chi connectivity index (χ1v) is 6.68. The number of aromatic nitrogens is 2. The minimum absolute atomic E-state index is 0.313. The molecule has 1 atom stereocenters. The summed E-state index contributed by atoms with van der Waals surface area (Å²) in [6, 6.07) is 4.30. The first-order valence-electron chi connectivity index (χ1n) is 5.88. The van der Waals surface area contributed by atoms with Gasteiger partial charge in [0.05, 0.1) is 23.8 Å². The van der Waals surface area contributed by atoms with Gasteiger partial charge in [-0.25, -0.2) is 4.39 Å². The Labute approximate surface area is 119 Å². The Morgan fingerprint density at radius 3 is 2.84 bits per heavy atom. The van der Waals surface area contributed by atoms with Crippen molar-refractivity contribution in [1.82, 2.24) is 9.78 Å². The third-order valence-corrected chi connectivity index (χ3v) is 3.57. The van der Waals surface area contributed by atoms with E-state index in [1.807, 2.05) is 6.92 Å². The van der Waals surface area contributed by atoms with Crippen molar-refractivity contribution in [2.24, 2.45) is 5.73 Å². The summed E-state index contributed by atoms with van der Waals surface area (Å²) in [5, 5.41) is 4.22. The highest BCUT2D eigenvalue weighted by Crippen LogP contribution is 2.30. The van der Waals surface area contributed by atoms with Crippen molar-refractivity contribution in [3.05, 3.63) is 45.9 Å². The summed E-state index contributed by atoms with van der Waals surface area (Å²) < 4.78 is 20.7. The topological polar surface area (TPSA) is 53.1 Å². The van der Waals surface area contributed by atoms with Crippen LogP contribution < -0.4 is 10.5 Å². The molecular weight excluding hydrogens is 313 g/mol. The molecule has 0 radical (unpaired) electrons. The van der Waals surface area contributed by atoms with Crippen LogP contribution >= 0.6 is 15.9 Å². The zero-order valence-corrected chi connectivity index (χ0v) is 12.3. The van der Waals surface area contributed by atoms with E-state index in [9.17, 15) is 4.39 Å². The molecule has 1 aromatic carbocycles. The van der Waals surface area contributed by atoms with Gasteiger partial charge in [0.2, 0.25) is 0 Å². The fraction of sp³-hybridized carbons (Fsp3) is 0.308. The van der Waals surface area contributed by atoms with Crippen molar-refractivity contribution in [3.63, 3.8) is 0 Å². The predicted molar refractivity (Wildman–Crippen MR) is 74.6 cm³/mol. The molecule has 1 unspecified atom stereocenters. The Balaban J connectivity index is 2.45. The van der Waals surface area contributed by atoms with Gasteiger partial charge in [0.1, 0.15) is 11.5 Å². The van der Waals surface area contributed by atoms with E-state index in [2.05, 4.69) is 21.0 Å². The number of hydrogen-bond acceptors (Lipinski definition) is 3. The third kappa shape index (κ3) is 2.64. The average Bonchev–Trinajstić information content (AvgIpc) is 2.83. The van der Waals surface area contributed by atoms with Crippen molar-refractivity contribution < 1.29 is 9.13 Å². The van der Waals surface area contributed by atoms with Crippen molar-refractivity contribution in [2.75, 3.05) is 7.11 Å². The maximum absolute atomic E-state index is 13.3. The molecule has 102 valence electrons. The smallest absolute Gasteiger partial charge is 0.161 e. The summed E-state index contributed by atoms with van der Waals surface area (Å²) in [5.41, 5.74) is 7.82. The molecule has 4 nitrogen and oxygen atoms in total. The second-order valence-corrected chi connectivity index (χ2v) is 4.92. The van der Waals surface area contributed by atoms with E-state index in [0.717, 1.165) is 11.3 Å². The summed E-state index contributed by atoms with van der Waals surface area (Å²) in [6.07, 6.45) is 1.64. The van der Waals surface area contributed by atoms with Crippen molar-refractivity contribution in [2.45, 2.75) is 19.5 Å². The summed E-state index contributed by atoms with van der Waals surface area (Å²) in [7, 11) is 1.58. The van der Waals surface area contributed by atoms with E-state index in [-0.39, 0.29) is 5.82 Å². The van der Waals surface area contributed by atoms with Crippen LogP contribution in [-0.2, 0) is 6.54 Å². The van der Waals surface area contributed by atoms with E-state index >= 15 is 0 Å². The number of aryl methyl sites for hydroxylation is 1. The zero-order valence-electron chi connectivity index (χ0n) is 10.7. The highest BCUT2D eigenvalue weighted by atomic mass is 79.9. The number of hydrogen-bond donors (Lipinski definition) is 1. The number of ether oxygens (including phenoxy) is 1. The normalized spacial score (nSPS) is 12.5. The zero-order chi connectivity index (χ0) is 14.0. The fourth-order valence-corrected chi connectivity index (χ4v) is 2.36. The van der Waals surface area contributed by atoms with E-state index in [1.165, 1.54) is 6.07 Å². The molecule has 1 aromatic heterocycles. The van der Waals surface area contributed by atoms with Crippen LogP contribution in [-0.4, -0.2) is 16.9 Å². The monoisotopic (exact) mass is 327 g/mol. The quantitative estimate of drug-likeness (QED) is 0.939. The van der Waals surface area contributed by atoms with Gasteiger partial charge in [0.15, 0.2) is 5.75 Å². The predicted octanol–water partition coefficient (Wildman–Crippen LogP) is 2.86. The Bertz CT molecular complexity index is 564. The maximum atomic E-state index is 13.3. The largest absolute Gasteiger partial charge is 0.493 e. The molecule has 0 aliphatic carbocycles. The maximum Gasteiger partial charge on any atom is 0.161 e. The Hall–Kier alpha value is -1.40. The van der Waals surface area contributed by atoms with Gasteiger partial charge in [0.25, 0.3) is 0 Å². The van der Waals surface area contributed by atoms with Gasteiger partial charge in [-0.1, -0.05) is 6.07 Å². The van der Waals surface area contributed by atoms with Crippen LogP contribution in [0.2, 0.25) is 0 Å². The minimum atomic E-state index is -0.422. The second-order valence-electron chi connectivity index (χ2n) is 4.07. The highest BCUT2D eigenvalue weighted by Gasteiger charge is 2.20. The summed E-state index contributed by atoms with van der Waals surface area (Å²) in [5.74, 6) is 0.321. The van der Waals surface area contributed by atoms with E-state index in [0.29, 0.717) is 16.8 Å². The standard InChI is InChI=1S/C13H15BrFN3O/c1-3-18-13(11(19-2)7-17-18)12(16)8-4-5-10(15)9(14)6-8/h4-7,12H,3,16H2,1-2H3. The minimum Gasteiger partial charge on any atom is -0.493 e. The van der Waals surface area contributed by atoms with Gasteiger partial charge >= 0.3 is 0 Å². The first-order chi connectivity index (χ1) is 9.08. The summed E-state index contributed by atoms with van der Waals surface area (Å²) >= 11 is 3.16. The number of nitrogens with zero attached hydrogens (tertiary/aromatic N) is 2. The molecule has 0 fully saturated rings. The van der Waals surface area contributed by atoms with Gasteiger partial charge in [0, 0.05) is 6.54 Å². The molecule has 0 spiro atoms. The van der Waals surface area contributed by atoms with Crippen LogP contribution in [0.3, 0.4) is 0 Å². The fourth-order valence-electron chi connectivity index (χ4n) is 1.96. The van der Waals surface area contributed by atoms with Crippen LogP contribution in [0.4, 0.5) is 4.39 Å². The number of halogens is 2. The molecule has 0 bridgehead atoms. The van der Waals surface area contributed by atoms with Gasteiger partial charge < -0.3 is 10.5 Å². The van der Waals surface area contributed by atoms with E-state index < -0.39 is 6.04 Å². The molecule has 0 aliphatic heterocycles. The summed E-state index contributed by atoms with van der Waals surface area (Å²) in [6.45, 7) is 2.66. The Morgan fingerprint density at radius 2 is 2.26 bits per heavy atom. The number of nitrogens with two attached hydrogens (primary N) is 1. The number of methoxy groups -OCH3 is 1. The van der Waals surface area contributed by atoms with Crippen molar-refractivity contribution in [3.8, 4) is 5.75 Å². The number of benzene rings is 1. The lowest BCUT2D eigenvalue weighted by atomic mass is 10.0. The molecule has 0 amide bonds. The molecule has 2 rings (SSSR count). The molecule has 2 aromatic rings. The molecule has 6 heteroatoms. The third-order valence-electron chi connectivity index (χ3n) is 2.96. The van der Waals surface area contributed by atoms with E-state index in [1.54, 1.807) is 30.1 Å². The van der Waals surface area contributed by atoms with Gasteiger partial charge in [-0.15, -0.1) is 0 Å². The highest BCUT2D eigenvalue weighted by molar-refractivity contribution is 9.10. The molecule has 0 saturated carbocycles. The Kier molecular flexibility index (Phi) is 4.21. The van der Waals surface area contributed by atoms with Crippen LogP contribution in [0.1, 0.15) is 24.2 Å². The van der Waals surface area contributed by atoms with Crippen molar-refractivity contribution >= 4 is 15.9 Å². The average molecular weight is 328 g/mol. The van der Waals surface area contributed by atoms with Gasteiger partial charge in [-0.2, -0.15) is 5.10 Å². The SMILES string of the molecule is CCn1ncc(OC)c1C(N)c1ccc(F)c(Br)c1. The molecular formula is C13H15BrFN3O. The lowest BCUT2D eigenvalue weighted by Crippen LogP contribution is -2.18. The van der Waals surface area contributed by atoms with Gasteiger partial charge in [-0.05, 0) is 40.5 Å². The molecule has 19 heavy (non-hydrogen) atoms.